The van der Waals surface area contributed by atoms with Gasteiger partial charge in [-0.1, -0.05) is 53.8 Å². The molecule has 0 fully saturated rings. The second kappa shape index (κ2) is 8.68. The Bertz CT molecular complexity index is 1140. The lowest BCUT2D eigenvalue weighted by atomic mass is 10.1. The summed E-state index contributed by atoms with van der Waals surface area (Å²) >= 11 is 3.20. The number of thiazole rings is 1. The molecule has 0 saturated carbocycles. The van der Waals surface area contributed by atoms with Crippen molar-refractivity contribution in [3.63, 3.8) is 0 Å². The van der Waals surface area contributed by atoms with Gasteiger partial charge in [0.25, 0.3) is 5.91 Å². The van der Waals surface area contributed by atoms with Crippen LogP contribution in [0.5, 0.6) is 5.75 Å². The van der Waals surface area contributed by atoms with Gasteiger partial charge in [-0.15, -0.1) is 11.8 Å². The summed E-state index contributed by atoms with van der Waals surface area (Å²) in [6.45, 7) is 0.450. The first-order chi connectivity index (χ1) is 14.2. The normalized spacial score (nSPS) is 10.8. The molecule has 0 aliphatic heterocycles. The molecule has 4 aromatic rings. The van der Waals surface area contributed by atoms with Gasteiger partial charge in [0, 0.05) is 10.5 Å². The smallest absolute Gasteiger partial charge is 0.260 e. The second-order valence-electron chi connectivity index (χ2n) is 6.41. The van der Waals surface area contributed by atoms with E-state index in [0.29, 0.717) is 23.0 Å². The van der Waals surface area contributed by atoms with Gasteiger partial charge in [-0.05, 0) is 42.2 Å². The van der Waals surface area contributed by atoms with Gasteiger partial charge in [0.1, 0.15) is 5.75 Å². The molecule has 29 heavy (non-hydrogen) atoms. The van der Waals surface area contributed by atoms with Gasteiger partial charge in [-0.3, -0.25) is 9.69 Å². The van der Waals surface area contributed by atoms with Crippen LogP contribution in [0.1, 0.15) is 15.9 Å². The monoisotopic (exact) mass is 420 g/mol. The average molecular weight is 421 g/mol. The molecule has 3 aromatic carbocycles. The number of rotatable bonds is 6. The minimum Gasteiger partial charge on any atom is -0.497 e. The van der Waals surface area contributed by atoms with Crippen molar-refractivity contribution in [2.75, 3.05) is 18.3 Å². The quantitative estimate of drug-likeness (QED) is 0.366. The van der Waals surface area contributed by atoms with Crippen molar-refractivity contribution >= 4 is 44.4 Å². The molecular weight excluding hydrogens is 400 g/mol. The Morgan fingerprint density at radius 1 is 1.07 bits per heavy atom. The predicted octanol–water partition coefficient (Wildman–Crippen LogP) is 5.87. The SMILES string of the molecule is COc1cccc(C(=O)N(Cc2ccccc2)c2nc3c(SC)cccc3s2)c1. The third-order valence-electron chi connectivity index (χ3n) is 4.57. The van der Waals surface area contributed by atoms with E-state index in [9.17, 15) is 4.79 Å². The summed E-state index contributed by atoms with van der Waals surface area (Å²) in [5, 5.41) is 0.693. The largest absolute Gasteiger partial charge is 0.497 e. The molecule has 1 amide bonds. The highest BCUT2D eigenvalue weighted by Crippen LogP contribution is 2.35. The predicted molar refractivity (Wildman–Crippen MR) is 121 cm³/mol. The molecule has 0 aliphatic carbocycles. The Morgan fingerprint density at radius 2 is 1.86 bits per heavy atom. The summed E-state index contributed by atoms with van der Waals surface area (Å²) < 4.78 is 6.37. The molecule has 4 rings (SSSR count). The number of methoxy groups -OCH3 is 1. The fraction of sp³-hybridized carbons (Fsp3) is 0.130. The standard InChI is InChI=1S/C23H20N2O2S2/c1-27-18-11-6-10-17(14-18)22(26)25(15-16-8-4-3-5-9-16)23-24-21-19(28-2)12-7-13-20(21)29-23/h3-14H,15H2,1-2H3. The maximum absolute atomic E-state index is 13.5. The molecule has 0 atom stereocenters. The number of hydrogen-bond acceptors (Lipinski definition) is 5. The van der Waals surface area contributed by atoms with Gasteiger partial charge < -0.3 is 4.74 Å². The number of aromatic nitrogens is 1. The lowest BCUT2D eigenvalue weighted by Gasteiger charge is -2.20. The lowest BCUT2D eigenvalue weighted by molar-refractivity contribution is 0.0985. The number of benzene rings is 3. The minimum absolute atomic E-state index is 0.0995. The number of ether oxygens (including phenoxy) is 1. The van der Waals surface area contributed by atoms with Crippen molar-refractivity contribution in [3.8, 4) is 5.75 Å². The fourth-order valence-electron chi connectivity index (χ4n) is 3.10. The van der Waals surface area contributed by atoms with E-state index in [0.717, 1.165) is 20.7 Å². The van der Waals surface area contributed by atoms with Gasteiger partial charge in [0.05, 0.1) is 23.9 Å². The summed E-state index contributed by atoms with van der Waals surface area (Å²) in [6, 6.07) is 23.3. The van der Waals surface area contributed by atoms with Gasteiger partial charge >= 0.3 is 0 Å². The number of hydrogen-bond donors (Lipinski definition) is 0. The van der Waals surface area contributed by atoms with E-state index in [4.69, 9.17) is 9.72 Å². The number of amides is 1. The average Bonchev–Trinajstić information content (AvgIpc) is 3.22. The first-order valence-electron chi connectivity index (χ1n) is 9.13. The zero-order valence-electron chi connectivity index (χ0n) is 16.2. The van der Waals surface area contributed by atoms with Crippen molar-refractivity contribution in [3.05, 3.63) is 83.9 Å². The van der Waals surface area contributed by atoms with E-state index in [-0.39, 0.29) is 5.91 Å². The topological polar surface area (TPSA) is 42.4 Å². The Balaban J connectivity index is 1.79. The van der Waals surface area contributed by atoms with Crippen LogP contribution in [0.15, 0.2) is 77.7 Å². The first-order valence-corrected chi connectivity index (χ1v) is 11.2. The van der Waals surface area contributed by atoms with E-state index in [1.165, 1.54) is 11.3 Å². The highest BCUT2D eigenvalue weighted by Gasteiger charge is 2.22. The number of nitrogens with zero attached hydrogens (tertiary/aromatic N) is 2. The van der Waals surface area contributed by atoms with E-state index in [1.54, 1.807) is 29.8 Å². The Hall–Kier alpha value is -2.83. The molecule has 0 bridgehead atoms. The zero-order valence-corrected chi connectivity index (χ0v) is 17.8. The Morgan fingerprint density at radius 3 is 2.62 bits per heavy atom. The summed E-state index contributed by atoms with van der Waals surface area (Å²) in [7, 11) is 1.60. The molecule has 0 N–H and O–H groups in total. The van der Waals surface area contributed by atoms with E-state index in [2.05, 4.69) is 6.07 Å². The molecule has 6 heteroatoms. The minimum atomic E-state index is -0.0995. The van der Waals surface area contributed by atoms with Gasteiger partial charge in [0.2, 0.25) is 0 Å². The van der Waals surface area contributed by atoms with Crippen molar-refractivity contribution in [1.82, 2.24) is 4.98 Å². The Labute approximate surface area is 178 Å². The summed E-state index contributed by atoms with van der Waals surface area (Å²) in [5.74, 6) is 0.557. The second-order valence-corrected chi connectivity index (χ2v) is 8.27. The first kappa shape index (κ1) is 19.5. The van der Waals surface area contributed by atoms with Crippen molar-refractivity contribution in [2.24, 2.45) is 0 Å². The van der Waals surface area contributed by atoms with Crippen LogP contribution in [0.2, 0.25) is 0 Å². The molecule has 0 spiro atoms. The molecule has 146 valence electrons. The third-order valence-corrected chi connectivity index (χ3v) is 6.38. The van der Waals surface area contributed by atoms with Gasteiger partial charge in [-0.25, -0.2) is 4.98 Å². The van der Waals surface area contributed by atoms with Crippen LogP contribution in [0.3, 0.4) is 0 Å². The fourth-order valence-corrected chi connectivity index (χ4v) is 4.71. The molecule has 0 saturated heterocycles. The number of carbonyl (C=O) groups excluding carboxylic acids is 1. The van der Waals surface area contributed by atoms with Crippen LogP contribution in [0.4, 0.5) is 5.13 Å². The van der Waals surface area contributed by atoms with Crippen LogP contribution >= 0.6 is 23.1 Å². The number of thioether (sulfide) groups is 1. The van der Waals surface area contributed by atoms with Crippen LogP contribution in [-0.4, -0.2) is 24.3 Å². The molecule has 0 aliphatic rings. The number of fused-ring (bicyclic) bond motifs is 1. The van der Waals surface area contributed by atoms with E-state index < -0.39 is 0 Å². The van der Waals surface area contributed by atoms with Crippen molar-refractivity contribution < 1.29 is 9.53 Å². The number of para-hydroxylation sites is 1. The van der Waals surface area contributed by atoms with Crippen LogP contribution in [-0.2, 0) is 6.54 Å². The molecule has 1 heterocycles. The summed E-state index contributed by atoms with van der Waals surface area (Å²) in [5.41, 5.74) is 2.56. The number of anilines is 1. The molecule has 4 nitrogen and oxygen atoms in total. The molecule has 1 aromatic heterocycles. The number of carbonyl (C=O) groups is 1. The van der Waals surface area contributed by atoms with E-state index >= 15 is 0 Å². The maximum Gasteiger partial charge on any atom is 0.260 e. The van der Waals surface area contributed by atoms with Crippen LogP contribution in [0.25, 0.3) is 10.2 Å². The summed E-state index contributed by atoms with van der Waals surface area (Å²) in [6.07, 6.45) is 2.04. The maximum atomic E-state index is 13.5. The third kappa shape index (κ3) is 4.13. The van der Waals surface area contributed by atoms with Crippen LogP contribution < -0.4 is 9.64 Å². The molecule has 0 radical (unpaired) electrons. The van der Waals surface area contributed by atoms with Gasteiger partial charge in [0.15, 0.2) is 5.13 Å². The Kier molecular flexibility index (Phi) is 5.83. The molecular formula is C23H20N2O2S2. The molecule has 0 unspecified atom stereocenters. The van der Waals surface area contributed by atoms with Crippen LogP contribution in [0, 0.1) is 0 Å². The summed E-state index contributed by atoms with van der Waals surface area (Å²) in [4.78, 5) is 21.2. The van der Waals surface area contributed by atoms with Gasteiger partial charge in [-0.2, -0.15) is 0 Å². The highest BCUT2D eigenvalue weighted by atomic mass is 32.2. The van der Waals surface area contributed by atoms with Crippen molar-refractivity contribution in [2.45, 2.75) is 11.4 Å². The highest BCUT2D eigenvalue weighted by molar-refractivity contribution is 7.98. The lowest BCUT2D eigenvalue weighted by Crippen LogP contribution is -2.30. The van der Waals surface area contributed by atoms with E-state index in [1.807, 2.05) is 66.9 Å². The van der Waals surface area contributed by atoms with Crippen molar-refractivity contribution in [1.29, 1.82) is 0 Å². The zero-order chi connectivity index (χ0) is 20.2.